The number of hydrogen-bond donors (Lipinski definition) is 20. The second-order valence-electron chi connectivity index (χ2n) is 33.5. The summed E-state index contributed by atoms with van der Waals surface area (Å²) >= 11 is 8.45. The van der Waals surface area contributed by atoms with E-state index in [0.717, 1.165) is 126 Å². The van der Waals surface area contributed by atoms with Gasteiger partial charge in [-0.1, -0.05) is 118 Å². The van der Waals surface area contributed by atoms with Crippen molar-refractivity contribution in [3.8, 4) is 0 Å². The summed E-state index contributed by atoms with van der Waals surface area (Å²) in [6.45, 7) is 16.3. The molecule has 0 spiro atoms. The number of nitrogens with two attached hydrogens (primary N) is 3. The van der Waals surface area contributed by atoms with Crippen LogP contribution in [0.1, 0.15) is 206 Å². The number of hydrogen-bond acceptors (Lipinski definition) is 20. The zero-order chi connectivity index (χ0) is 93.7. The molecule has 38 heteroatoms. The normalized spacial score (nSPS) is 16.0. The second kappa shape index (κ2) is 52.1. The number of aliphatic carboxylic acids is 2. The van der Waals surface area contributed by atoms with Gasteiger partial charge in [-0.15, -0.1) is 4.33 Å². The third-order valence-corrected chi connectivity index (χ3v) is 25.0. The number of carboxylic acid groups (broad SMARTS) is 2. The van der Waals surface area contributed by atoms with E-state index < -0.39 is 98.7 Å². The van der Waals surface area contributed by atoms with Gasteiger partial charge < -0.3 is 90.4 Å². The number of carbonyl (C=O) groups excluding carboxylic acids is 6. The van der Waals surface area contributed by atoms with Crippen LogP contribution in [0.3, 0.4) is 0 Å². The van der Waals surface area contributed by atoms with Crippen molar-refractivity contribution in [3.05, 3.63) is 142 Å². The van der Waals surface area contributed by atoms with E-state index in [4.69, 9.17) is 54.6 Å². The number of amides is 6. The number of allylic oxidation sites excluding steroid dienone is 8. The molecule has 4 aromatic carbocycles. The van der Waals surface area contributed by atoms with Gasteiger partial charge in [-0.3, -0.25) is 54.3 Å². The number of rotatable bonds is 57. The van der Waals surface area contributed by atoms with Crippen LogP contribution in [0.15, 0.2) is 130 Å². The summed E-state index contributed by atoms with van der Waals surface area (Å²) in [5.74, 6) is -8.29. The van der Waals surface area contributed by atoms with Gasteiger partial charge in [0.05, 0.1) is 29.3 Å². The average Bonchev–Trinajstić information content (AvgIpc) is 1.57. The highest BCUT2D eigenvalue weighted by Gasteiger charge is 2.46. The van der Waals surface area contributed by atoms with Gasteiger partial charge in [0, 0.05) is 122 Å². The van der Waals surface area contributed by atoms with Crippen LogP contribution in [0.4, 0.5) is 17.1 Å². The van der Waals surface area contributed by atoms with E-state index >= 15 is 0 Å². The lowest BCUT2D eigenvalue weighted by atomic mass is 9.80. The average molecular weight is 1840 g/mol. The number of nitrogens with zero attached hydrogens (tertiary/aromatic N) is 3. The molecule has 702 valence electrons. The van der Waals surface area contributed by atoms with E-state index in [1.165, 1.54) is 12.6 Å². The third-order valence-electron chi connectivity index (χ3n) is 23.1. The number of likely N-dealkylation sites (N-methyl/N-ethyl adjacent to an activating group) is 1. The third kappa shape index (κ3) is 32.5. The summed E-state index contributed by atoms with van der Waals surface area (Å²) in [5, 5.41) is 85.2. The number of unbranched alkanes of at least 4 members (excludes halogenated alkanes) is 5. The Bertz CT molecular complexity index is 4800. The number of carboxylic acids is 2. The molecule has 6 unspecified atom stereocenters. The molecule has 0 bridgehead atoms. The van der Waals surface area contributed by atoms with Crippen LogP contribution in [0, 0.1) is 16.2 Å². The lowest BCUT2D eigenvalue weighted by Gasteiger charge is -2.28. The fourth-order valence-corrected chi connectivity index (χ4v) is 17.5. The molecule has 0 saturated heterocycles. The lowest BCUT2D eigenvalue weighted by Crippen LogP contribution is -2.59. The van der Waals surface area contributed by atoms with E-state index in [1.807, 2.05) is 18.2 Å². The van der Waals surface area contributed by atoms with Crippen LogP contribution < -0.4 is 80.2 Å². The summed E-state index contributed by atoms with van der Waals surface area (Å²) in [5.41, 5.74) is 26.0. The SMILES string of the molecule is CCCCN(CCCS(=O)(=O)O)c1ccc2c(c1)C(C)(C)C(/C=C/C1=C(Cl)C(=C/C=C3/N(CCCCCC(=O)NCCCCC(NC(=O)C(CCCNC(=N)N)NC(=O)C(Cc4ccccc4)NC(=O)C(CCC(=O)O)NC)C(=O)NC(CCCNC(=N)N)C(=O)NC(CCCNC(=N)N)C(=O)O)c4ccc5cc(SOOO)ccc5c4C3(C)C)/CCC1)=[N+]2CCCC. The molecule has 35 nitrogen and oxygen atoms in total. The molecule has 2 aliphatic heterocycles. The van der Waals surface area contributed by atoms with Crippen molar-refractivity contribution < 1.29 is 80.7 Å². The number of benzene rings is 4. The first-order chi connectivity index (χ1) is 61.0. The Labute approximate surface area is 759 Å². The molecule has 6 atom stereocenters. The Morgan fingerprint density at radius 1 is 0.625 bits per heavy atom. The molecule has 3 aliphatic rings. The summed E-state index contributed by atoms with van der Waals surface area (Å²) in [7, 11) is -2.64. The van der Waals surface area contributed by atoms with E-state index in [1.54, 1.807) is 30.3 Å². The highest BCUT2D eigenvalue weighted by molar-refractivity contribution is 7.94. The summed E-state index contributed by atoms with van der Waals surface area (Å²) in [6.07, 6.45) is 17.4. The molecule has 4 aromatic rings. The van der Waals surface area contributed by atoms with E-state index in [9.17, 15) is 61.5 Å². The van der Waals surface area contributed by atoms with Crippen molar-refractivity contribution in [1.82, 2.24) is 53.2 Å². The largest absolute Gasteiger partial charge is 0.481 e. The molecule has 1 aliphatic carbocycles. The molecule has 7 rings (SSSR count). The minimum absolute atomic E-state index is 0.0683. The van der Waals surface area contributed by atoms with Crippen LogP contribution in [0.2, 0.25) is 0 Å². The van der Waals surface area contributed by atoms with E-state index in [-0.39, 0.29) is 139 Å². The quantitative estimate of drug-likeness (QED) is 0.00286. The van der Waals surface area contributed by atoms with Crippen molar-refractivity contribution in [2.75, 3.05) is 75.0 Å². The number of anilines is 2. The number of guanidine groups is 3. The maximum Gasteiger partial charge on any atom is 0.326 e. The van der Waals surface area contributed by atoms with Crippen molar-refractivity contribution in [2.45, 2.75) is 248 Å². The molecule has 0 aromatic heterocycles. The molecule has 6 amide bonds. The zero-order valence-electron chi connectivity index (χ0n) is 74.6. The van der Waals surface area contributed by atoms with Gasteiger partial charge in [0.2, 0.25) is 41.1 Å². The van der Waals surface area contributed by atoms with Gasteiger partial charge in [0.25, 0.3) is 10.1 Å². The first kappa shape index (κ1) is 104. The second-order valence-corrected chi connectivity index (χ2v) is 36.2. The summed E-state index contributed by atoms with van der Waals surface area (Å²) in [6, 6.07) is 17.2. The Morgan fingerprint density at radius 2 is 1.20 bits per heavy atom. The van der Waals surface area contributed by atoms with Gasteiger partial charge in [-0.2, -0.15) is 13.0 Å². The summed E-state index contributed by atoms with van der Waals surface area (Å²) in [4.78, 5) is 116. The predicted octanol–water partition coefficient (Wildman–Crippen LogP) is 9.01. The number of halogens is 1. The highest BCUT2D eigenvalue weighted by Crippen LogP contribution is 2.52. The van der Waals surface area contributed by atoms with Gasteiger partial charge in [0.15, 0.2) is 23.6 Å². The first-order valence-corrected chi connectivity index (χ1v) is 46.9. The van der Waals surface area contributed by atoms with Crippen LogP contribution >= 0.6 is 23.6 Å². The number of fused-ring (bicyclic) bond motifs is 4. The molecule has 2 heterocycles. The van der Waals surface area contributed by atoms with Crippen molar-refractivity contribution in [1.29, 1.82) is 16.2 Å². The maximum atomic E-state index is 14.9. The van der Waals surface area contributed by atoms with Crippen LogP contribution in [-0.4, -0.2) is 205 Å². The van der Waals surface area contributed by atoms with Crippen LogP contribution in [0.25, 0.3) is 10.8 Å². The molecule has 128 heavy (non-hydrogen) atoms. The van der Waals surface area contributed by atoms with Gasteiger partial charge in [-0.05, 0) is 200 Å². The number of nitrogens with one attached hydrogen (secondary N) is 13. The fourth-order valence-electron chi connectivity index (χ4n) is 16.3. The van der Waals surface area contributed by atoms with Crippen molar-refractivity contribution in [3.63, 3.8) is 0 Å². The minimum Gasteiger partial charge on any atom is -0.481 e. The highest BCUT2D eigenvalue weighted by atomic mass is 35.5. The van der Waals surface area contributed by atoms with Gasteiger partial charge in [-0.25, -0.2) is 10.1 Å². The standard InChI is InChI=1S/C90H132ClN19O16S2/c1-8-10-50-108(51-24-54-128(122,123)124)62-37-42-72-65(57-62)89(3,4)74(109(72)52-11-9-2)43-35-59-27-20-28-60(79(59)91)36-44-75-90(5,6)78-64-39-38-63(127-126-125-121)56-61(64)34-41-73(78)110(75)53-19-13-16-33-76(111)99-46-18-17-29-67(81(115)104-69(31-22-48-101-87(94)95)83(117)106-70(85(119)120)32-23-49-102-88(96)97)103-82(116)68(30-21-47-100-86(92)93)105-84(118)71(55-58-25-14-12-15-26-58)107-80(114)66(98-7)40-45-77(112)113/h12,14-15,25-26,34-39,41-44,56-57,66-71,98H,8-11,13,16-24,27-33,40,45-55H2,1-7H3,(H21-,92,93,94,95,96,97,99,100,101,102,103,104,105,106,107,111,112,113,114,115,116,117,118,119,120,121,122,123,124)/p+1. The van der Waals surface area contributed by atoms with Crippen molar-refractivity contribution >= 4 is 133 Å². The Hall–Kier alpha value is -10.7. The van der Waals surface area contributed by atoms with Crippen LogP contribution in [0.5, 0.6) is 0 Å². The molecule has 0 radical (unpaired) electrons. The topological polar surface area (TPSA) is 549 Å². The lowest BCUT2D eigenvalue weighted by molar-refractivity contribution is -0.438. The molecule has 0 fully saturated rings. The molecule has 0 saturated carbocycles. The molecule has 23 N–H and O–H groups in total. The number of carbonyl (C=O) groups is 8. The van der Waals surface area contributed by atoms with Gasteiger partial charge in [0.1, 0.15) is 36.8 Å². The monoisotopic (exact) mass is 1830 g/mol. The summed E-state index contributed by atoms with van der Waals surface area (Å²) < 4.78 is 40.3. The smallest absolute Gasteiger partial charge is 0.326 e. The zero-order valence-corrected chi connectivity index (χ0v) is 77.0. The van der Waals surface area contributed by atoms with Crippen molar-refractivity contribution in [2.24, 2.45) is 17.2 Å². The first-order valence-electron chi connectivity index (χ1n) is 44.2. The predicted molar refractivity (Wildman–Crippen MR) is 499 cm³/mol. The molecular formula is C90H133ClN19O16S2+. The minimum atomic E-state index is -4.10. The van der Waals surface area contributed by atoms with Gasteiger partial charge >= 0.3 is 11.9 Å². The Morgan fingerprint density at radius 3 is 1.79 bits per heavy atom. The maximum absolute atomic E-state index is 14.9. The Kier molecular flexibility index (Phi) is 42.5. The fraction of sp³-hybridized carbons (Fsp3) is 0.533. The Balaban J connectivity index is 1.10. The van der Waals surface area contributed by atoms with Crippen LogP contribution in [-0.2, 0) is 75.1 Å². The van der Waals surface area contributed by atoms with E-state index in [2.05, 4.69) is 169 Å². The van der Waals surface area contributed by atoms with E-state index in [0.29, 0.717) is 54.3 Å². The molecular weight excluding hydrogens is 1700 g/mol.